The molecule has 1 rings (SSSR count). The highest BCUT2D eigenvalue weighted by Crippen LogP contribution is 2.25. The van der Waals surface area contributed by atoms with E-state index in [0.717, 1.165) is 17.9 Å². The van der Waals surface area contributed by atoms with Crippen molar-refractivity contribution in [2.75, 3.05) is 0 Å². The highest BCUT2D eigenvalue weighted by Gasteiger charge is 2.21. The van der Waals surface area contributed by atoms with Gasteiger partial charge in [-0.1, -0.05) is 46.7 Å². The molecule has 80 valence electrons. The van der Waals surface area contributed by atoms with Gasteiger partial charge in [0.25, 0.3) is 0 Å². The van der Waals surface area contributed by atoms with Gasteiger partial charge in [0.1, 0.15) is 5.76 Å². The molecular formula is C12H21NO. The van der Waals surface area contributed by atoms with E-state index in [-0.39, 0.29) is 10.8 Å². The molecule has 1 aromatic rings. The first-order valence-corrected chi connectivity index (χ1v) is 5.14. The van der Waals surface area contributed by atoms with Crippen molar-refractivity contribution < 1.29 is 4.52 Å². The second-order valence-electron chi connectivity index (χ2n) is 6.17. The van der Waals surface area contributed by atoms with Crippen molar-refractivity contribution in [1.29, 1.82) is 0 Å². The third kappa shape index (κ3) is 3.17. The normalized spacial score (nSPS) is 13.3. The van der Waals surface area contributed by atoms with Crippen molar-refractivity contribution >= 4 is 0 Å². The molecule has 0 N–H and O–H groups in total. The fourth-order valence-electron chi connectivity index (χ4n) is 1.27. The third-order valence-electron chi connectivity index (χ3n) is 2.03. The van der Waals surface area contributed by atoms with E-state index in [1.165, 1.54) is 0 Å². The van der Waals surface area contributed by atoms with Crippen molar-refractivity contribution in [1.82, 2.24) is 5.16 Å². The van der Waals surface area contributed by atoms with Gasteiger partial charge in [-0.25, -0.2) is 0 Å². The highest BCUT2D eigenvalue weighted by atomic mass is 16.5. The van der Waals surface area contributed by atoms with Crippen molar-refractivity contribution in [3.63, 3.8) is 0 Å². The van der Waals surface area contributed by atoms with E-state index in [4.69, 9.17) is 4.52 Å². The summed E-state index contributed by atoms with van der Waals surface area (Å²) in [6, 6.07) is 2.07. The monoisotopic (exact) mass is 195 g/mol. The lowest BCUT2D eigenvalue weighted by Gasteiger charge is -2.15. The molecule has 2 heteroatoms. The maximum atomic E-state index is 5.32. The second-order valence-corrected chi connectivity index (χ2v) is 6.17. The average molecular weight is 195 g/mol. The zero-order valence-electron chi connectivity index (χ0n) is 10.1. The lowest BCUT2D eigenvalue weighted by molar-refractivity contribution is 0.314. The molecular weight excluding hydrogens is 174 g/mol. The fourth-order valence-corrected chi connectivity index (χ4v) is 1.27. The van der Waals surface area contributed by atoms with Crippen LogP contribution in [0.4, 0.5) is 0 Å². The standard InChI is InChI=1S/C12H21NO/c1-11(2,3)8-9-7-10(13-14-9)12(4,5)6/h7H,8H2,1-6H3. The molecule has 0 aliphatic rings. The van der Waals surface area contributed by atoms with E-state index in [2.05, 4.69) is 52.8 Å². The van der Waals surface area contributed by atoms with Crippen LogP contribution in [-0.2, 0) is 11.8 Å². The van der Waals surface area contributed by atoms with E-state index in [1.54, 1.807) is 0 Å². The summed E-state index contributed by atoms with van der Waals surface area (Å²) in [5.74, 6) is 0.988. The minimum Gasteiger partial charge on any atom is -0.361 e. The Balaban J connectivity index is 2.79. The zero-order chi connectivity index (χ0) is 11.0. The Hall–Kier alpha value is -0.790. The molecule has 0 aliphatic carbocycles. The average Bonchev–Trinajstić information content (AvgIpc) is 2.29. The molecule has 1 heterocycles. The van der Waals surface area contributed by atoms with Crippen molar-refractivity contribution in [2.45, 2.75) is 53.4 Å². The molecule has 0 radical (unpaired) electrons. The van der Waals surface area contributed by atoms with E-state index in [0.29, 0.717) is 0 Å². The largest absolute Gasteiger partial charge is 0.361 e. The summed E-state index contributed by atoms with van der Waals surface area (Å²) in [6.07, 6.45) is 0.941. The van der Waals surface area contributed by atoms with E-state index in [9.17, 15) is 0 Å². The molecule has 0 aromatic carbocycles. The first-order chi connectivity index (χ1) is 6.18. The van der Waals surface area contributed by atoms with Gasteiger partial charge < -0.3 is 4.52 Å². The first kappa shape index (κ1) is 11.3. The predicted octanol–water partition coefficient (Wildman–Crippen LogP) is 3.56. The van der Waals surface area contributed by atoms with Crippen LogP contribution in [0.5, 0.6) is 0 Å². The van der Waals surface area contributed by atoms with Gasteiger partial charge in [0.05, 0.1) is 5.69 Å². The van der Waals surface area contributed by atoms with E-state index in [1.807, 2.05) is 0 Å². The lowest BCUT2D eigenvalue weighted by Crippen LogP contribution is -2.11. The summed E-state index contributed by atoms with van der Waals surface area (Å²) < 4.78 is 5.32. The minimum atomic E-state index is 0.0830. The highest BCUT2D eigenvalue weighted by molar-refractivity contribution is 5.14. The fraction of sp³-hybridized carbons (Fsp3) is 0.750. The first-order valence-electron chi connectivity index (χ1n) is 5.14. The Morgan fingerprint density at radius 2 is 1.71 bits per heavy atom. The summed E-state index contributed by atoms with van der Waals surface area (Å²) in [6.45, 7) is 13.0. The molecule has 1 aromatic heterocycles. The van der Waals surface area contributed by atoms with Gasteiger partial charge in [-0.15, -0.1) is 0 Å². The SMILES string of the molecule is CC(C)(C)Cc1cc(C(C)(C)C)no1. The predicted molar refractivity (Wildman–Crippen MR) is 58.4 cm³/mol. The number of nitrogens with zero attached hydrogens (tertiary/aromatic N) is 1. The Labute approximate surface area is 86.7 Å². The molecule has 0 spiro atoms. The molecule has 0 fully saturated rings. The molecule has 0 atom stereocenters. The number of hydrogen-bond acceptors (Lipinski definition) is 2. The van der Waals surface area contributed by atoms with Gasteiger partial charge in [0, 0.05) is 17.9 Å². The smallest absolute Gasteiger partial charge is 0.137 e. The van der Waals surface area contributed by atoms with Gasteiger partial charge in [-0.2, -0.15) is 0 Å². The topological polar surface area (TPSA) is 26.0 Å². The Morgan fingerprint density at radius 1 is 1.14 bits per heavy atom. The molecule has 0 saturated carbocycles. The Kier molecular flexibility index (Phi) is 2.75. The zero-order valence-corrected chi connectivity index (χ0v) is 10.1. The number of hydrogen-bond donors (Lipinski definition) is 0. The Bertz CT molecular complexity index is 299. The summed E-state index contributed by atoms with van der Waals surface area (Å²) in [7, 11) is 0. The van der Waals surface area contributed by atoms with Crippen LogP contribution in [0.3, 0.4) is 0 Å². The van der Waals surface area contributed by atoms with Crippen LogP contribution >= 0.6 is 0 Å². The maximum absolute atomic E-state index is 5.32. The minimum absolute atomic E-state index is 0.0830. The van der Waals surface area contributed by atoms with Crippen LogP contribution in [0.2, 0.25) is 0 Å². The van der Waals surface area contributed by atoms with Crippen molar-refractivity contribution in [2.24, 2.45) is 5.41 Å². The quantitative estimate of drug-likeness (QED) is 0.684. The third-order valence-corrected chi connectivity index (χ3v) is 2.03. The summed E-state index contributed by atoms with van der Waals surface area (Å²) in [5.41, 5.74) is 1.38. The summed E-state index contributed by atoms with van der Waals surface area (Å²) in [4.78, 5) is 0. The van der Waals surface area contributed by atoms with Crippen molar-refractivity contribution in [3.05, 3.63) is 17.5 Å². The summed E-state index contributed by atoms with van der Waals surface area (Å²) >= 11 is 0. The van der Waals surface area contributed by atoms with Crippen LogP contribution in [0, 0.1) is 5.41 Å². The van der Waals surface area contributed by atoms with Crippen LogP contribution in [0.25, 0.3) is 0 Å². The summed E-state index contributed by atoms with van der Waals surface area (Å²) in [5, 5.41) is 4.10. The van der Waals surface area contributed by atoms with Crippen molar-refractivity contribution in [3.8, 4) is 0 Å². The molecule has 0 saturated heterocycles. The Morgan fingerprint density at radius 3 is 2.07 bits per heavy atom. The molecule has 0 aliphatic heterocycles. The number of aromatic nitrogens is 1. The van der Waals surface area contributed by atoms with Gasteiger partial charge >= 0.3 is 0 Å². The maximum Gasteiger partial charge on any atom is 0.137 e. The van der Waals surface area contributed by atoms with Gasteiger partial charge in [0.2, 0.25) is 0 Å². The molecule has 0 unspecified atom stereocenters. The van der Waals surface area contributed by atoms with Crippen LogP contribution in [0.1, 0.15) is 53.0 Å². The van der Waals surface area contributed by atoms with Crippen LogP contribution in [-0.4, -0.2) is 5.16 Å². The van der Waals surface area contributed by atoms with E-state index >= 15 is 0 Å². The lowest BCUT2D eigenvalue weighted by atomic mass is 9.89. The van der Waals surface area contributed by atoms with Gasteiger partial charge in [-0.3, -0.25) is 0 Å². The second kappa shape index (κ2) is 3.41. The molecule has 2 nitrogen and oxygen atoms in total. The molecule has 0 bridgehead atoms. The molecule has 14 heavy (non-hydrogen) atoms. The van der Waals surface area contributed by atoms with Gasteiger partial charge in [-0.05, 0) is 5.41 Å². The number of rotatable bonds is 1. The van der Waals surface area contributed by atoms with Crippen LogP contribution in [0.15, 0.2) is 10.6 Å². The van der Waals surface area contributed by atoms with E-state index < -0.39 is 0 Å². The van der Waals surface area contributed by atoms with Crippen LogP contribution < -0.4 is 0 Å². The van der Waals surface area contributed by atoms with Gasteiger partial charge in [0.15, 0.2) is 0 Å². The molecule has 0 amide bonds.